The van der Waals surface area contributed by atoms with Crippen LogP contribution in [-0.4, -0.2) is 12.5 Å². The molecule has 1 amide bonds. The van der Waals surface area contributed by atoms with Crippen molar-refractivity contribution in [2.45, 2.75) is 45.6 Å². The summed E-state index contributed by atoms with van der Waals surface area (Å²) in [6.07, 6.45) is 3.85. The molecule has 4 rings (SSSR count). The van der Waals surface area contributed by atoms with Crippen LogP contribution in [0.5, 0.6) is 11.5 Å². The van der Waals surface area contributed by atoms with Crippen molar-refractivity contribution in [3.63, 3.8) is 0 Å². The molecule has 0 spiro atoms. The van der Waals surface area contributed by atoms with Crippen molar-refractivity contribution in [3.05, 3.63) is 70.8 Å². The van der Waals surface area contributed by atoms with Gasteiger partial charge in [0, 0.05) is 24.2 Å². The van der Waals surface area contributed by atoms with Crippen LogP contribution in [0.2, 0.25) is 0 Å². The lowest BCUT2D eigenvalue weighted by atomic mass is 10.0. The third-order valence-electron chi connectivity index (χ3n) is 6.01. The summed E-state index contributed by atoms with van der Waals surface area (Å²) in [4.78, 5) is 13.7. The maximum atomic E-state index is 12.0. The largest absolute Gasteiger partial charge is 0.455 e. The number of carbonyl (C=O) groups is 1. The predicted octanol–water partition coefficient (Wildman–Crippen LogP) is 5.87. The Bertz CT molecular complexity index is 1310. The number of carbonyl (C=O) groups excluding carboxylic acids is 1. The summed E-state index contributed by atoms with van der Waals surface area (Å²) in [6, 6.07) is 19.1. The van der Waals surface area contributed by atoms with Crippen LogP contribution >= 0.6 is 0 Å². The molecule has 0 aromatic heterocycles. The fourth-order valence-corrected chi connectivity index (χ4v) is 4.11. The quantitative estimate of drug-likeness (QED) is 0.301. The van der Waals surface area contributed by atoms with E-state index >= 15 is 0 Å². The summed E-state index contributed by atoms with van der Waals surface area (Å²) in [5.41, 5.74) is 12.5. The first-order chi connectivity index (χ1) is 16.9. The molecule has 3 aromatic rings. The van der Waals surface area contributed by atoms with Crippen molar-refractivity contribution >= 4 is 29.2 Å². The van der Waals surface area contributed by atoms with E-state index in [4.69, 9.17) is 21.0 Å². The molecule has 0 unspecified atom stereocenters. The number of nitrogen functional groups attached to an aromatic ring is 1. The van der Waals surface area contributed by atoms with Crippen LogP contribution in [0.4, 0.5) is 22.7 Å². The molecule has 3 aromatic carbocycles. The van der Waals surface area contributed by atoms with Gasteiger partial charge in [0.2, 0.25) is 6.41 Å². The second kappa shape index (κ2) is 10.2. The lowest BCUT2D eigenvalue weighted by Crippen LogP contribution is -2.24. The molecule has 0 heterocycles. The first-order valence-electron chi connectivity index (χ1n) is 11.5. The molecule has 1 aliphatic carbocycles. The second-order valence-electron chi connectivity index (χ2n) is 8.78. The van der Waals surface area contributed by atoms with Crippen molar-refractivity contribution < 1.29 is 9.53 Å². The predicted molar refractivity (Wildman–Crippen MR) is 137 cm³/mol. The number of aryl methyl sites for hydroxylation is 3. The van der Waals surface area contributed by atoms with E-state index in [9.17, 15) is 4.79 Å². The molecule has 0 bridgehead atoms. The van der Waals surface area contributed by atoms with Gasteiger partial charge in [0.1, 0.15) is 5.75 Å². The van der Waals surface area contributed by atoms with Crippen molar-refractivity contribution in [2.24, 2.45) is 0 Å². The monoisotopic (exact) mass is 465 g/mol. The Balaban J connectivity index is 1.73. The topological polar surface area (TPSA) is 115 Å². The SMILES string of the molecule is Cc1cc(CCC#N)cc(C)c1Oc1cc(Nc2ccc(C#N)cc2)c(N)cc1N(C=O)C1CC1. The first kappa shape index (κ1) is 23.7. The third kappa shape index (κ3) is 5.37. The highest BCUT2D eigenvalue weighted by atomic mass is 16.5. The standard InChI is InChI=1S/C28H27N5O2/c1-18-12-21(4-3-11-29)13-19(2)28(18)35-27-15-25(32-22-7-5-20(16-30)6-8-22)24(31)14-26(27)33(17-34)23-9-10-23/h5-8,12-15,17,23,32H,3-4,9-10,31H2,1-2H3. The van der Waals surface area contributed by atoms with Gasteiger partial charge in [-0.05, 0) is 80.1 Å². The number of nitrogens with two attached hydrogens (primary N) is 1. The average molecular weight is 466 g/mol. The van der Waals surface area contributed by atoms with E-state index in [1.54, 1.807) is 23.1 Å². The van der Waals surface area contributed by atoms with Gasteiger partial charge in [0.05, 0.1) is 34.8 Å². The Labute approximate surface area is 205 Å². The van der Waals surface area contributed by atoms with Crippen LogP contribution in [0.1, 0.15) is 41.5 Å². The van der Waals surface area contributed by atoms with E-state index in [1.165, 1.54) is 0 Å². The minimum Gasteiger partial charge on any atom is -0.455 e. The van der Waals surface area contributed by atoms with E-state index in [0.717, 1.165) is 41.6 Å². The maximum absolute atomic E-state index is 12.0. The molecule has 0 aliphatic heterocycles. The third-order valence-corrected chi connectivity index (χ3v) is 6.01. The minimum absolute atomic E-state index is 0.141. The van der Waals surface area contributed by atoms with Gasteiger partial charge in [-0.25, -0.2) is 0 Å². The van der Waals surface area contributed by atoms with Gasteiger partial charge < -0.3 is 20.7 Å². The lowest BCUT2D eigenvalue weighted by Gasteiger charge is -2.24. The van der Waals surface area contributed by atoms with Crippen molar-refractivity contribution in [1.82, 2.24) is 0 Å². The van der Waals surface area contributed by atoms with Crippen LogP contribution < -0.4 is 20.7 Å². The molecule has 0 radical (unpaired) electrons. The highest BCUT2D eigenvalue weighted by molar-refractivity contribution is 5.87. The lowest BCUT2D eigenvalue weighted by molar-refractivity contribution is -0.107. The number of benzene rings is 3. The molecule has 3 N–H and O–H groups in total. The van der Waals surface area contributed by atoms with Gasteiger partial charge in [0.15, 0.2) is 5.75 Å². The Kier molecular flexibility index (Phi) is 6.89. The van der Waals surface area contributed by atoms with Crippen LogP contribution in [0, 0.1) is 36.5 Å². The molecule has 1 fully saturated rings. The van der Waals surface area contributed by atoms with Gasteiger partial charge in [-0.3, -0.25) is 4.79 Å². The maximum Gasteiger partial charge on any atom is 0.214 e. The average Bonchev–Trinajstić information content (AvgIpc) is 3.68. The van der Waals surface area contributed by atoms with Gasteiger partial charge in [-0.1, -0.05) is 12.1 Å². The summed E-state index contributed by atoms with van der Waals surface area (Å²) in [5, 5.41) is 21.2. The van der Waals surface area contributed by atoms with Gasteiger partial charge >= 0.3 is 0 Å². The number of nitrogens with zero attached hydrogens (tertiary/aromatic N) is 3. The van der Waals surface area contributed by atoms with Gasteiger partial charge in [-0.15, -0.1) is 0 Å². The van der Waals surface area contributed by atoms with Crippen LogP contribution in [0.15, 0.2) is 48.5 Å². The molecule has 1 saturated carbocycles. The highest BCUT2D eigenvalue weighted by Crippen LogP contribution is 2.44. The van der Waals surface area contributed by atoms with E-state index in [0.29, 0.717) is 47.0 Å². The summed E-state index contributed by atoms with van der Waals surface area (Å²) in [6.45, 7) is 3.95. The fourth-order valence-electron chi connectivity index (χ4n) is 4.11. The number of nitrogens with one attached hydrogen (secondary N) is 1. The Morgan fingerprint density at radius 1 is 1.11 bits per heavy atom. The molecule has 0 atom stereocenters. The Morgan fingerprint density at radius 2 is 1.80 bits per heavy atom. The minimum atomic E-state index is 0.141. The molecule has 35 heavy (non-hydrogen) atoms. The van der Waals surface area contributed by atoms with Crippen LogP contribution in [0.25, 0.3) is 0 Å². The number of ether oxygens (including phenoxy) is 1. The van der Waals surface area contributed by atoms with E-state index in [-0.39, 0.29) is 6.04 Å². The van der Waals surface area contributed by atoms with Crippen LogP contribution in [-0.2, 0) is 11.2 Å². The summed E-state index contributed by atoms with van der Waals surface area (Å²) in [7, 11) is 0. The highest BCUT2D eigenvalue weighted by Gasteiger charge is 2.31. The zero-order chi connectivity index (χ0) is 24.9. The molecular formula is C28H27N5O2. The van der Waals surface area contributed by atoms with Crippen molar-refractivity contribution in [3.8, 4) is 23.6 Å². The van der Waals surface area contributed by atoms with Crippen LogP contribution in [0.3, 0.4) is 0 Å². The smallest absolute Gasteiger partial charge is 0.214 e. The Hall–Kier alpha value is -4.49. The summed E-state index contributed by atoms with van der Waals surface area (Å²) in [5.74, 6) is 1.23. The zero-order valence-electron chi connectivity index (χ0n) is 19.8. The number of nitriles is 2. The zero-order valence-corrected chi connectivity index (χ0v) is 19.8. The number of hydrogen-bond acceptors (Lipinski definition) is 6. The number of rotatable bonds is 9. The van der Waals surface area contributed by atoms with Gasteiger partial charge in [-0.2, -0.15) is 10.5 Å². The van der Waals surface area contributed by atoms with E-state index in [1.807, 2.05) is 44.2 Å². The normalized spacial score (nSPS) is 12.3. The molecule has 176 valence electrons. The van der Waals surface area contributed by atoms with E-state index in [2.05, 4.69) is 17.5 Å². The number of amides is 1. The second-order valence-corrected chi connectivity index (χ2v) is 8.78. The van der Waals surface area contributed by atoms with Crippen molar-refractivity contribution in [2.75, 3.05) is 16.0 Å². The molecular weight excluding hydrogens is 438 g/mol. The molecule has 7 nitrogen and oxygen atoms in total. The number of hydrogen-bond donors (Lipinski definition) is 2. The fraction of sp³-hybridized carbons (Fsp3) is 0.250. The van der Waals surface area contributed by atoms with Gasteiger partial charge in [0.25, 0.3) is 0 Å². The first-order valence-corrected chi connectivity index (χ1v) is 11.5. The summed E-state index contributed by atoms with van der Waals surface area (Å²) < 4.78 is 6.46. The molecule has 7 heteroatoms. The van der Waals surface area contributed by atoms with E-state index < -0.39 is 0 Å². The summed E-state index contributed by atoms with van der Waals surface area (Å²) >= 11 is 0. The molecule has 1 aliphatic rings. The number of anilines is 4. The Morgan fingerprint density at radius 3 is 2.37 bits per heavy atom. The molecule has 0 saturated heterocycles. The van der Waals surface area contributed by atoms with Crippen molar-refractivity contribution in [1.29, 1.82) is 10.5 Å².